The zero-order valence-corrected chi connectivity index (χ0v) is 6.43. The molecule has 0 aromatic carbocycles. The van der Waals surface area contributed by atoms with E-state index in [0.29, 0.717) is 0 Å². The summed E-state index contributed by atoms with van der Waals surface area (Å²) in [6, 6.07) is 0. The van der Waals surface area contributed by atoms with Crippen LogP contribution in [0.15, 0.2) is 10.4 Å². The Morgan fingerprint density at radius 1 is 2.00 bits per heavy atom. The molecule has 46 valence electrons. The lowest BCUT2D eigenvalue weighted by Crippen LogP contribution is -1.92. The lowest BCUT2D eigenvalue weighted by atomic mass is 10.2. The molecular weight excluding hydrogens is 140 g/mol. The molecule has 0 spiro atoms. The van der Waals surface area contributed by atoms with E-state index in [1.807, 2.05) is 11.8 Å². The first-order valence-electron chi connectivity index (χ1n) is 2.83. The minimum atomic E-state index is 0.766. The van der Waals surface area contributed by atoms with E-state index in [0.717, 1.165) is 16.7 Å². The normalized spacial score (nSPS) is 28.2. The number of hydrogen-bond donors (Lipinski definition) is 0. The van der Waals surface area contributed by atoms with Crippen molar-refractivity contribution in [3.63, 3.8) is 0 Å². The molecule has 0 aliphatic carbocycles. The summed E-state index contributed by atoms with van der Waals surface area (Å²) >= 11 is 7.58. The maximum Gasteiger partial charge on any atom is 0.0255 e. The van der Waals surface area contributed by atoms with Crippen molar-refractivity contribution >= 4 is 23.4 Å². The fourth-order valence-corrected chi connectivity index (χ4v) is 2.06. The molecule has 2 heteroatoms. The highest BCUT2D eigenvalue weighted by Crippen LogP contribution is 2.33. The van der Waals surface area contributed by atoms with Gasteiger partial charge in [0.1, 0.15) is 0 Å². The summed E-state index contributed by atoms with van der Waals surface area (Å²) in [5, 5.41) is 3.85. The Hall–Kier alpha value is 0.380. The molecule has 1 aliphatic rings. The average molecular weight is 149 g/mol. The Morgan fingerprint density at radius 3 is 3.00 bits per heavy atom. The summed E-state index contributed by atoms with van der Waals surface area (Å²) in [6.45, 7) is 2.20. The molecule has 1 rings (SSSR count). The number of halogens is 1. The van der Waals surface area contributed by atoms with Crippen molar-refractivity contribution in [1.82, 2.24) is 0 Å². The minimum Gasteiger partial charge on any atom is -0.129 e. The molecule has 1 unspecified atom stereocenters. The SMILES string of the molecule is CCC1CC(Cl)=CS1. The minimum absolute atomic E-state index is 0.766. The lowest BCUT2D eigenvalue weighted by molar-refractivity contribution is 0.842. The Morgan fingerprint density at radius 2 is 2.75 bits per heavy atom. The summed E-state index contributed by atoms with van der Waals surface area (Å²) in [4.78, 5) is 0. The fourth-order valence-electron chi connectivity index (χ4n) is 0.724. The van der Waals surface area contributed by atoms with Crippen LogP contribution in [-0.2, 0) is 0 Å². The molecular formula is C6H9ClS. The maximum atomic E-state index is 5.73. The maximum absolute atomic E-state index is 5.73. The third-order valence-electron chi connectivity index (χ3n) is 1.27. The van der Waals surface area contributed by atoms with Crippen molar-refractivity contribution in [1.29, 1.82) is 0 Å². The van der Waals surface area contributed by atoms with Crippen LogP contribution in [0.2, 0.25) is 0 Å². The van der Waals surface area contributed by atoms with Crippen molar-refractivity contribution in [2.75, 3.05) is 0 Å². The summed E-state index contributed by atoms with van der Waals surface area (Å²) in [5.74, 6) is 0. The molecule has 1 atom stereocenters. The highest BCUT2D eigenvalue weighted by atomic mass is 35.5. The predicted molar refractivity (Wildman–Crippen MR) is 40.2 cm³/mol. The summed E-state index contributed by atoms with van der Waals surface area (Å²) in [6.07, 6.45) is 2.32. The van der Waals surface area contributed by atoms with Crippen LogP contribution in [0.5, 0.6) is 0 Å². The van der Waals surface area contributed by atoms with Gasteiger partial charge < -0.3 is 0 Å². The van der Waals surface area contributed by atoms with Crippen LogP contribution in [0.1, 0.15) is 19.8 Å². The van der Waals surface area contributed by atoms with Gasteiger partial charge in [-0.2, -0.15) is 0 Å². The molecule has 0 aromatic rings. The molecule has 0 saturated heterocycles. The molecule has 0 nitrogen and oxygen atoms in total. The Kier molecular flexibility index (Phi) is 2.27. The van der Waals surface area contributed by atoms with Crippen LogP contribution >= 0.6 is 23.4 Å². The molecule has 0 bridgehead atoms. The van der Waals surface area contributed by atoms with Crippen LogP contribution in [0.4, 0.5) is 0 Å². The van der Waals surface area contributed by atoms with Gasteiger partial charge in [-0.05, 0) is 18.2 Å². The van der Waals surface area contributed by atoms with Crippen LogP contribution in [0.3, 0.4) is 0 Å². The van der Waals surface area contributed by atoms with Gasteiger partial charge >= 0.3 is 0 Å². The molecule has 0 amide bonds. The van der Waals surface area contributed by atoms with Crippen molar-refractivity contribution < 1.29 is 0 Å². The second-order valence-electron chi connectivity index (χ2n) is 1.94. The van der Waals surface area contributed by atoms with Crippen LogP contribution in [0.25, 0.3) is 0 Å². The molecule has 0 N–H and O–H groups in total. The third-order valence-corrected chi connectivity index (χ3v) is 2.96. The second kappa shape index (κ2) is 2.79. The molecule has 0 radical (unpaired) electrons. The van der Waals surface area contributed by atoms with E-state index in [4.69, 9.17) is 11.6 Å². The first-order valence-corrected chi connectivity index (χ1v) is 4.15. The monoisotopic (exact) mass is 148 g/mol. The van der Waals surface area contributed by atoms with Gasteiger partial charge in [0.15, 0.2) is 0 Å². The number of hydrogen-bond acceptors (Lipinski definition) is 1. The third kappa shape index (κ3) is 1.43. The number of thioether (sulfide) groups is 1. The first kappa shape index (κ1) is 6.50. The van der Waals surface area contributed by atoms with E-state index in [1.54, 1.807) is 0 Å². The van der Waals surface area contributed by atoms with Crippen LogP contribution in [0, 0.1) is 0 Å². The molecule has 8 heavy (non-hydrogen) atoms. The van der Waals surface area contributed by atoms with Gasteiger partial charge in [-0.25, -0.2) is 0 Å². The van der Waals surface area contributed by atoms with Gasteiger partial charge in [-0.15, -0.1) is 11.8 Å². The van der Waals surface area contributed by atoms with E-state index in [2.05, 4.69) is 12.3 Å². The van der Waals surface area contributed by atoms with Crippen molar-refractivity contribution in [2.45, 2.75) is 25.0 Å². The van der Waals surface area contributed by atoms with Gasteiger partial charge in [-0.1, -0.05) is 18.5 Å². The molecule has 0 aromatic heterocycles. The first-order chi connectivity index (χ1) is 3.83. The summed E-state index contributed by atoms with van der Waals surface area (Å²) in [5.41, 5.74) is 0. The zero-order valence-electron chi connectivity index (χ0n) is 4.86. The van der Waals surface area contributed by atoms with Crippen molar-refractivity contribution in [3.05, 3.63) is 10.4 Å². The largest absolute Gasteiger partial charge is 0.129 e. The summed E-state index contributed by atoms with van der Waals surface area (Å²) < 4.78 is 0. The molecule has 0 fully saturated rings. The van der Waals surface area contributed by atoms with Gasteiger partial charge in [-0.3, -0.25) is 0 Å². The zero-order chi connectivity index (χ0) is 5.98. The van der Waals surface area contributed by atoms with Gasteiger partial charge in [0.05, 0.1) is 0 Å². The van der Waals surface area contributed by atoms with E-state index < -0.39 is 0 Å². The second-order valence-corrected chi connectivity index (χ2v) is 3.60. The molecule has 1 heterocycles. The van der Waals surface area contributed by atoms with Gasteiger partial charge in [0.25, 0.3) is 0 Å². The highest BCUT2D eigenvalue weighted by molar-refractivity contribution is 8.03. The van der Waals surface area contributed by atoms with E-state index in [9.17, 15) is 0 Å². The Labute approximate surface area is 59.3 Å². The average Bonchev–Trinajstić information content (AvgIpc) is 2.14. The van der Waals surface area contributed by atoms with Crippen LogP contribution in [-0.4, -0.2) is 5.25 Å². The smallest absolute Gasteiger partial charge is 0.0255 e. The lowest BCUT2D eigenvalue weighted by Gasteiger charge is -2.00. The number of allylic oxidation sites excluding steroid dienone is 1. The van der Waals surface area contributed by atoms with Crippen molar-refractivity contribution in [3.8, 4) is 0 Å². The van der Waals surface area contributed by atoms with E-state index in [-0.39, 0.29) is 0 Å². The predicted octanol–water partition coefficient (Wildman–Crippen LogP) is 2.98. The highest BCUT2D eigenvalue weighted by Gasteiger charge is 2.13. The van der Waals surface area contributed by atoms with Crippen molar-refractivity contribution in [2.24, 2.45) is 0 Å². The van der Waals surface area contributed by atoms with E-state index in [1.165, 1.54) is 6.42 Å². The fraction of sp³-hybridized carbons (Fsp3) is 0.667. The Bertz CT molecular complexity index is 109. The topological polar surface area (TPSA) is 0 Å². The van der Waals surface area contributed by atoms with Gasteiger partial charge in [0.2, 0.25) is 0 Å². The van der Waals surface area contributed by atoms with Gasteiger partial charge in [0, 0.05) is 10.3 Å². The summed E-state index contributed by atoms with van der Waals surface area (Å²) in [7, 11) is 0. The Balaban J connectivity index is 2.32. The quantitative estimate of drug-likeness (QED) is 0.551. The van der Waals surface area contributed by atoms with Crippen LogP contribution < -0.4 is 0 Å². The molecule has 0 saturated carbocycles. The van der Waals surface area contributed by atoms with E-state index >= 15 is 0 Å². The molecule has 1 aliphatic heterocycles. The number of rotatable bonds is 1. The standard InChI is InChI=1S/C6H9ClS/c1-2-6-3-5(7)4-8-6/h4,6H,2-3H2,1H3.